The van der Waals surface area contributed by atoms with Gasteiger partial charge < -0.3 is 10.6 Å². The molecule has 0 aliphatic rings. The number of allylic oxidation sites excluding steroid dienone is 1. The van der Waals surface area contributed by atoms with E-state index < -0.39 is 0 Å². The second-order valence-corrected chi connectivity index (χ2v) is 4.06. The van der Waals surface area contributed by atoms with Gasteiger partial charge in [-0.1, -0.05) is 25.0 Å². The minimum absolute atomic E-state index is 0.0885. The van der Waals surface area contributed by atoms with Gasteiger partial charge in [-0.3, -0.25) is 4.79 Å². The minimum Gasteiger partial charge on any atom is -0.355 e. The highest BCUT2D eigenvalue weighted by Gasteiger charge is 2.09. The molecule has 0 bridgehead atoms. The van der Waals surface area contributed by atoms with Crippen molar-refractivity contribution in [1.82, 2.24) is 10.6 Å². The van der Waals surface area contributed by atoms with Gasteiger partial charge in [-0.15, -0.1) is 0 Å². The van der Waals surface area contributed by atoms with E-state index in [0.29, 0.717) is 0 Å². The molecule has 0 fully saturated rings. The van der Waals surface area contributed by atoms with Gasteiger partial charge in [0, 0.05) is 13.1 Å². The Morgan fingerprint density at radius 3 is 2.60 bits per heavy atom. The molecule has 0 rings (SSSR count). The van der Waals surface area contributed by atoms with Crippen LogP contribution in [0.1, 0.15) is 40.5 Å². The van der Waals surface area contributed by atoms with Gasteiger partial charge in [0.05, 0.1) is 6.04 Å². The summed E-state index contributed by atoms with van der Waals surface area (Å²) >= 11 is 0. The Morgan fingerprint density at radius 1 is 1.40 bits per heavy atom. The first-order valence-corrected chi connectivity index (χ1v) is 5.72. The fraction of sp³-hybridized carbons (Fsp3) is 0.750. The van der Waals surface area contributed by atoms with E-state index in [9.17, 15) is 4.79 Å². The summed E-state index contributed by atoms with van der Waals surface area (Å²) in [6.07, 6.45) is 4.24. The number of carbonyl (C=O) groups excluding carboxylic acids is 1. The van der Waals surface area contributed by atoms with Gasteiger partial charge in [0.1, 0.15) is 0 Å². The third-order valence-electron chi connectivity index (χ3n) is 2.16. The zero-order valence-electron chi connectivity index (χ0n) is 10.4. The maximum atomic E-state index is 11.5. The molecule has 0 heterocycles. The average molecular weight is 212 g/mol. The van der Waals surface area contributed by atoms with E-state index in [1.54, 1.807) is 0 Å². The maximum Gasteiger partial charge on any atom is 0.236 e. The van der Waals surface area contributed by atoms with Crippen LogP contribution in [0.3, 0.4) is 0 Å². The summed E-state index contributed by atoms with van der Waals surface area (Å²) in [4.78, 5) is 11.5. The first kappa shape index (κ1) is 14.2. The lowest BCUT2D eigenvalue weighted by atomic mass is 10.2. The summed E-state index contributed by atoms with van der Waals surface area (Å²) in [5.41, 5.74) is 1.26. The van der Waals surface area contributed by atoms with Crippen LogP contribution < -0.4 is 10.6 Å². The molecular formula is C12H24N2O. The molecule has 3 heteroatoms. The van der Waals surface area contributed by atoms with Crippen molar-refractivity contribution in [2.75, 3.05) is 13.1 Å². The summed E-state index contributed by atoms with van der Waals surface area (Å²) in [5.74, 6) is 0.0885. The summed E-state index contributed by atoms with van der Waals surface area (Å²) in [7, 11) is 0. The maximum absolute atomic E-state index is 11.5. The van der Waals surface area contributed by atoms with Crippen molar-refractivity contribution in [1.29, 1.82) is 0 Å². The van der Waals surface area contributed by atoms with Crippen molar-refractivity contribution in [3.63, 3.8) is 0 Å². The van der Waals surface area contributed by atoms with Crippen LogP contribution in [0.25, 0.3) is 0 Å². The SMILES string of the molecule is CCCCNC(=O)C(C)NCC=C(C)C. The van der Waals surface area contributed by atoms with Crippen LogP contribution in [0.5, 0.6) is 0 Å². The Morgan fingerprint density at radius 2 is 2.07 bits per heavy atom. The molecule has 1 atom stereocenters. The quantitative estimate of drug-likeness (QED) is 0.499. The van der Waals surface area contributed by atoms with Crippen LogP contribution in [0.2, 0.25) is 0 Å². The highest BCUT2D eigenvalue weighted by molar-refractivity contribution is 5.81. The topological polar surface area (TPSA) is 41.1 Å². The monoisotopic (exact) mass is 212 g/mol. The van der Waals surface area contributed by atoms with Crippen molar-refractivity contribution < 1.29 is 4.79 Å². The lowest BCUT2D eigenvalue weighted by Crippen LogP contribution is -2.42. The van der Waals surface area contributed by atoms with Gasteiger partial charge in [0.15, 0.2) is 0 Å². The van der Waals surface area contributed by atoms with Gasteiger partial charge in [-0.25, -0.2) is 0 Å². The smallest absolute Gasteiger partial charge is 0.236 e. The Hall–Kier alpha value is -0.830. The van der Waals surface area contributed by atoms with Crippen molar-refractivity contribution in [2.45, 2.75) is 46.6 Å². The Balaban J connectivity index is 3.64. The molecule has 0 aromatic rings. The predicted octanol–water partition coefficient (Wildman–Crippen LogP) is 1.85. The van der Waals surface area contributed by atoms with E-state index >= 15 is 0 Å². The number of unbranched alkanes of at least 4 members (excludes halogenated alkanes) is 1. The van der Waals surface area contributed by atoms with Crippen LogP contribution in [0.4, 0.5) is 0 Å². The van der Waals surface area contributed by atoms with Gasteiger partial charge in [-0.2, -0.15) is 0 Å². The zero-order chi connectivity index (χ0) is 11.7. The van der Waals surface area contributed by atoms with Gasteiger partial charge in [0.2, 0.25) is 5.91 Å². The number of hydrogen-bond donors (Lipinski definition) is 2. The summed E-state index contributed by atoms with van der Waals surface area (Å²) in [6, 6.07) is -0.113. The predicted molar refractivity (Wildman–Crippen MR) is 64.8 cm³/mol. The molecule has 0 saturated carbocycles. The second kappa shape index (κ2) is 8.48. The van der Waals surface area contributed by atoms with Crippen LogP contribution in [-0.2, 0) is 4.79 Å². The van der Waals surface area contributed by atoms with E-state index in [2.05, 4.69) is 23.6 Å². The number of carbonyl (C=O) groups is 1. The Kier molecular flexibility index (Phi) is 8.01. The number of hydrogen-bond acceptors (Lipinski definition) is 2. The lowest BCUT2D eigenvalue weighted by molar-refractivity contribution is -0.122. The van der Waals surface area contributed by atoms with Gasteiger partial charge in [0.25, 0.3) is 0 Å². The van der Waals surface area contributed by atoms with Crippen molar-refractivity contribution in [2.24, 2.45) is 0 Å². The molecule has 0 spiro atoms. The molecule has 0 aliphatic carbocycles. The summed E-state index contributed by atoms with van der Waals surface area (Å²) < 4.78 is 0. The molecule has 1 unspecified atom stereocenters. The highest BCUT2D eigenvalue weighted by atomic mass is 16.2. The molecule has 15 heavy (non-hydrogen) atoms. The summed E-state index contributed by atoms with van der Waals surface area (Å²) in [5, 5.41) is 6.05. The van der Waals surface area contributed by atoms with E-state index in [1.807, 2.05) is 20.8 Å². The van der Waals surface area contributed by atoms with Crippen LogP contribution in [0.15, 0.2) is 11.6 Å². The van der Waals surface area contributed by atoms with E-state index in [4.69, 9.17) is 0 Å². The van der Waals surface area contributed by atoms with E-state index in [1.165, 1.54) is 5.57 Å². The molecule has 3 nitrogen and oxygen atoms in total. The molecule has 88 valence electrons. The molecule has 0 aliphatic heterocycles. The highest BCUT2D eigenvalue weighted by Crippen LogP contribution is 1.88. The molecule has 0 aromatic heterocycles. The molecular weight excluding hydrogens is 188 g/mol. The Labute approximate surface area is 93.3 Å². The lowest BCUT2D eigenvalue weighted by Gasteiger charge is -2.12. The number of nitrogens with one attached hydrogen (secondary N) is 2. The summed E-state index contributed by atoms with van der Waals surface area (Å²) in [6.45, 7) is 9.64. The second-order valence-electron chi connectivity index (χ2n) is 4.06. The number of amides is 1. The van der Waals surface area contributed by atoms with Gasteiger partial charge >= 0.3 is 0 Å². The third kappa shape index (κ3) is 8.18. The fourth-order valence-corrected chi connectivity index (χ4v) is 1.07. The first-order chi connectivity index (χ1) is 7.07. The van der Waals surface area contributed by atoms with Crippen molar-refractivity contribution >= 4 is 5.91 Å². The molecule has 0 aromatic carbocycles. The minimum atomic E-state index is -0.113. The average Bonchev–Trinajstić information content (AvgIpc) is 2.17. The molecule has 1 amide bonds. The van der Waals surface area contributed by atoms with Crippen LogP contribution in [0, 0.1) is 0 Å². The van der Waals surface area contributed by atoms with Crippen LogP contribution in [-0.4, -0.2) is 25.0 Å². The normalized spacial score (nSPS) is 12.0. The molecule has 0 radical (unpaired) electrons. The largest absolute Gasteiger partial charge is 0.355 e. The van der Waals surface area contributed by atoms with Crippen LogP contribution >= 0.6 is 0 Å². The fourth-order valence-electron chi connectivity index (χ4n) is 1.07. The first-order valence-electron chi connectivity index (χ1n) is 5.72. The van der Waals surface area contributed by atoms with Gasteiger partial charge in [-0.05, 0) is 27.2 Å². The zero-order valence-corrected chi connectivity index (χ0v) is 10.4. The molecule has 0 saturated heterocycles. The number of rotatable bonds is 7. The molecule has 2 N–H and O–H groups in total. The standard InChI is InChI=1S/C12H24N2O/c1-5-6-8-14-12(15)11(4)13-9-7-10(2)3/h7,11,13H,5-6,8-9H2,1-4H3,(H,14,15). The van der Waals surface area contributed by atoms with E-state index in [-0.39, 0.29) is 11.9 Å². The third-order valence-corrected chi connectivity index (χ3v) is 2.16. The Bertz CT molecular complexity index is 208. The van der Waals surface area contributed by atoms with Crippen molar-refractivity contribution in [3.05, 3.63) is 11.6 Å². The van der Waals surface area contributed by atoms with E-state index in [0.717, 1.165) is 25.9 Å². The van der Waals surface area contributed by atoms with Crippen molar-refractivity contribution in [3.8, 4) is 0 Å².